The van der Waals surface area contributed by atoms with Crippen molar-refractivity contribution in [2.45, 2.75) is 19.4 Å². The van der Waals surface area contributed by atoms with Gasteiger partial charge in [-0.25, -0.2) is 12.7 Å². The Balaban J connectivity index is 1.43. The van der Waals surface area contributed by atoms with E-state index < -0.39 is 10.0 Å². The Labute approximate surface area is 155 Å². The standard InChI is InChI=1S/C18H27N3O4S/c1-26(23,24)21-7-6-16(14-21)12-18(22)19-13-15-2-4-17(5-3-15)20-8-10-25-11-9-20/h2-5,16H,6-14H2,1H3,(H,19,22). The van der Waals surface area contributed by atoms with Crippen molar-refractivity contribution in [2.24, 2.45) is 5.92 Å². The van der Waals surface area contributed by atoms with E-state index in [0.717, 1.165) is 38.3 Å². The van der Waals surface area contributed by atoms with Crippen molar-refractivity contribution in [1.29, 1.82) is 0 Å². The maximum absolute atomic E-state index is 12.1. The Morgan fingerprint density at radius 3 is 2.50 bits per heavy atom. The van der Waals surface area contributed by atoms with Crippen molar-refractivity contribution in [3.8, 4) is 0 Å². The van der Waals surface area contributed by atoms with Gasteiger partial charge in [-0.15, -0.1) is 0 Å². The lowest BCUT2D eigenvalue weighted by Crippen LogP contribution is -2.36. The fraction of sp³-hybridized carbons (Fsp3) is 0.611. The van der Waals surface area contributed by atoms with Crippen LogP contribution in [0.15, 0.2) is 24.3 Å². The Kier molecular flexibility index (Phi) is 6.16. The molecule has 26 heavy (non-hydrogen) atoms. The molecule has 2 saturated heterocycles. The Bertz CT molecular complexity index is 714. The first kappa shape index (κ1) is 19.1. The number of nitrogens with zero attached hydrogens (tertiary/aromatic N) is 2. The Hall–Kier alpha value is -1.64. The van der Waals surface area contributed by atoms with Crippen LogP contribution in [0.2, 0.25) is 0 Å². The minimum Gasteiger partial charge on any atom is -0.378 e. The van der Waals surface area contributed by atoms with Crippen molar-refractivity contribution < 1.29 is 17.9 Å². The third-order valence-corrected chi connectivity index (χ3v) is 6.26. The van der Waals surface area contributed by atoms with Crippen LogP contribution >= 0.6 is 0 Å². The highest BCUT2D eigenvalue weighted by Gasteiger charge is 2.29. The van der Waals surface area contributed by atoms with Crippen LogP contribution in [0.4, 0.5) is 5.69 Å². The topological polar surface area (TPSA) is 79.0 Å². The zero-order valence-electron chi connectivity index (χ0n) is 15.2. The summed E-state index contributed by atoms with van der Waals surface area (Å²) in [5, 5.41) is 2.94. The van der Waals surface area contributed by atoms with Crippen molar-refractivity contribution >= 4 is 21.6 Å². The summed E-state index contributed by atoms with van der Waals surface area (Å²) in [7, 11) is -3.15. The van der Waals surface area contributed by atoms with Gasteiger partial charge in [0.2, 0.25) is 15.9 Å². The monoisotopic (exact) mass is 381 g/mol. The fourth-order valence-electron chi connectivity index (χ4n) is 3.45. The quantitative estimate of drug-likeness (QED) is 0.789. The van der Waals surface area contributed by atoms with E-state index in [1.54, 1.807) is 0 Å². The van der Waals surface area contributed by atoms with Crippen LogP contribution in [0.5, 0.6) is 0 Å². The summed E-state index contributed by atoms with van der Waals surface area (Å²) >= 11 is 0. The molecule has 0 bridgehead atoms. The minimum atomic E-state index is -3.15. The van der Waals surface area contributed by atoms with Crippen LogP contribution in [0.25, 0.3) is 0 Å². The summed E-state index contributed by atoms with van der Waals surface area (Å²) in [5.74, 6) is 0.0797. The van der Waals surface area contributed by atoms with Gasteiger partial charge < -0.3 is 15.0 Å². The van der Waals surface area contributed by atoms with E-state index in [1.165, 1.54) is 16.2 Å². The predicted octanol–water partition coefficient (Wildman–Crippen LogP) is 0.811. The van der Waals surface area contributed by atoms with E-state index in [-0.39, 0.29) is 11.8 Å². The highest BCUT2D eigenvalue weighted by Crippen LogP contribution is 2.21. The highest BCUT2D eigenvalue weighted by atomic mass is 32.2. The van der Waals surface area contributed by atoms with Crippen LogP contribution in [-0.4, -0.2) is 64.3 Å². The van der Waals surface area contributed by atoms with Crippen molar-refractivity contribution in [3.63, 3.8) is 0 Å². The number of sulfonamides is 1. The van der Waals surface area contributed by atoms with Crippen LogP contribution in [0.1, 0.15) is 18.4 Å². The van der Waals surface area contributed by atoms with Crippen molar-refractivity contribution in [1.82, 2.24) is 9.62 Å². The smallest absolute Gasteiger partial charge is 0.220 e. The van der Waals surface area contributed by atoms with Gasteiger partial charge >= 0.3 is 0 Å². The maximum atomic E-state index is 12.1. The first-order valence-corrected chi connectivity index (χ1v) is 10.9. The number of morpholine rings is 1. The number of carbonyl (C=O) groups is 1. The van der Waals surface area contributed by atoms with Gasteiger partial charge in [0.25, 0.3) is 0 Å². The van der Waals surface area contributed by atoms with Gasteiger partial charge in [0.15, 0.2) is 0 Å². The van der Waals surface area contributed by atoms with Gasteiger partial charge in [-0.3, -0.25) is 4.79 Å². The van der Waals surface area contributed by atoms with Crippen LogP contribution in [0, 0.1) is 5.92 Å². The molecule has 1 amide bonds. The van der Waals surface area contributed by atoms with Gasteiger partial charge in [0, 0.05) is 44.8 Å². The van der Waals surface area contributed by atoms with Gasteiger partial charge in [-0.05, 0) is 30.0 Å². The van der Waals surface area contributed by atoms with Crippen LogP contribution in [-0.2, 0) is 26.1 Å². The van der Waals surface area contributed by atoms with Gasteiger partial charge in [0.05, 0.1) is 19.5 Å². The zero-order valence-corrected chi connectivity index (χ0v) is 16.0. The molecule has 3 rings (SSSR count). The molecular weight excluding hydrogens is 354 g/mol. The average molecular weight is 381 g/mol. The lowest BCUT2D eigenvalue weighted by Gasteiger charge is -2.28. The largest absolute Gasteiger partial charge is 0.378 e. The van der Waals surface area contributed by atoms with E-state index in [2.05, 4.69) is 22.3 Å². The maximum Gasteiger partial charge on any atom is 0.220 e. The molecule has 7 nitrogen and oxygen atoms in total. The average Bonchev–Trinajstić information content (AvgIpc) is 3.10. The van der Waals surface area contributed by atoms with Crippen LogP contribution in [0.3, 0.4) is 0 Å². The molecule has 1 atom stereocenters. The summed E-state index contributed by atoms with van der Waals surface area (Å²) in [6, 6.07) is 8.22. The summed E-state index contributed by atoms with van der Waals surface area (Å²) in [4.78, 5) is 14.4. The molecule has 2 aliphatic heterocycles. The number of amides is 1. The molecule has 2 heterocycles. The van der Waals surface area contributed by atoms with E-state index in [4.69, 9.17) is 4.74 Å². The summed E-state index contributed by atoms with van der Waals surface area (Å²) in [6.07, 6.45) is 2.34. The second-order valence-electron chi connectivity index (χ2n) is 7.02. The number of hydrogen-bond acceptors (Lipinski definition) is 5. The molecule has 0 radical (unpaired) electrons. The van der Waals surface area contributed by atoms with E-state index in [9.17, 15) is 13.2 Å². The number of anilines is 1. The molecule has 144 valence electrons. The Morgan fingerprint density at radius 1 is 1.19 bits per heavy atom. The fourth-order valence-corrected chi connectivity index (χ4v) is 4.36. The van der Waals surface area contributed by atoms with Crippen molar-refractivity contribution in [3.05, 3.63) is 29.8 Å². The molecule has 1 aromatic carbocycles. The molecule has 0 saturated carbocycles. The van der Waals surface area contributed by atoms with Crippen LogP contribution < -0.4 is 10.2 Å². The van der Waals surface area contributed by atoms with E-state index in [0.29, 0.717) is 26.1 Å². The lowest BCUT2D eigenvalue weighted by atomic mass is 10.0. The minimum absolute atomic E-state index is 0.0254. The summed E-state index contributed by atoms with van der Waals surface area (Å²) in [5.41, 5.74) is 2.23. The lowest BCUT2D eigenvalue weighted by molar-refractivity contribution is -0.122. The van der Waals surface area contributed by atoms with Crippen molar-refractivity contribution in [2.75, 3.05) is 50.5 Å². The predicted molar refractivity (Wildman–Crippen MR) is 100 cm³/mol. The second-order valence-corrected chi connectivity index (χ2v) is 9.00. The Morgan fingerprint density at radius 2 is 1.88 bits per heavy atom. The number of hydrogen-bond donors (Lipinski definition) is 1. The molecule has 0 spiro atoms. The first-order chi connectivity index (χ1) is 12.4. The number of ether oxygens (including phenoxy) is 1. The van der Waals surface area contributed by atoms with Gasteiger partial charge in [-0.1, -0.05) is 12.1 Å². The molecule has 1 aromatic rings. The molecule has 0 aromatic heterocycles. The summed E-state index contributed by atoms with van der Waals surface area (Å²) in [6.45, 7) is 4.78. The molecule has 1 unspecified atom stereocenters. The number of rotatable bonds is 6. The zero-order chi connectivity index (χ0) is 18.6. The summed E-state index contributed by atoms with van der Waals surface area (Å²) < 4.78 is 29.9. The molecule has 2 fully saturated rings. The first-order valence-electron chi connectivity index (χ1n) is 9.05. The van der Waals surface area contributed by atoms with E-state index >= 15 is 0 Å². The SMILES string of the molecule is CS(=O)(=O)N1CCC(CC(=O)NCc2ccc(N3CCOCC3)cc2)C1. The molecule has 0 aliphatic carbocycles. The normalized spacial score (nSPS) is 21.7. The van der Waals surface area contributed by atoms with Gasteiger partial charge in [-0.2, -0.15) is 0 Å². The van der Waals surface area contributed by atoms with Gasteiger partial charge in [0.1, 0.15) is 0 Å². The number of nitrogens with one attached hydrogen (secondary N) is 1. The number of benzene rings is 1. The van der Waals surface area contributed by atoms with E-state index in [1.807, 2.05) is 12.1 Å². The molecule has 2 aliphatic rings. The second kappa shape index (κ2) is 8.37. The third-order valence-electron chi connectivity index (χ3n) is 4.99. The highest BCUT2D eigenvalue weighted by molar-refractivity contribution is 7.88. The molecule has 1 N–H and O–H groups in total. The molecular formula is C18H27N3O4S. The number of carbonyl (C=O) groups excluding carboxylic acids is 1. The molecule has 8 heteroatoms. The third kappa shape index (κ3) is 5.18.